The first kappa shape index (κ1) is 11.1. The molecule has 0 unspecified atom stereocenters. The highest BCUT2D eigenvalue weighted by molar-refractivity contribution is 9.10. The molecule has 3 nitrogen and oxygen atoms in total. The second kappa shape index (κ2) is 4.23. The minimum atomic E-state index is -1.03. The van der Waals surface area contributed by atoms with E-state index in [-0.39, 0.29) is 0 Å². The van der Waals surface area contributed by atoms with E-state index in [1.165, 1.54) is 0 Å². The Morgan fingerprint density at radius 1 is 1.25 bits per heavy atom. The molecule has 4 heteroatoms. The molecule has 0 saturated carbocycles. The van der Waals surface area contributed by atoms with Crippen LogP contribution in [0.2, 0.25) is 0 Å². The van der Waals surface area contributed by atoms with Gasteiger partial charge in [-0.2, -0.15) is 0 Å². The fourth-order valence-corrected chi connectivity index (χ4v) is 2.36. The van der Waals surface area contributed by atoms with E-state index < -0.39 is 12.0 Å². The van der Waals surface area contributed by atoms with Crippen LogP contribution in [0.1, 0.15) is 11.6 Å². The van der Waals surface area contributed by atoms with Crippen LogP contribution in [0.4, 0.5) is 0 Å². The summed E-state index contributed by atoms with van der Waals surface area (Å²) >= 11 is 3.41. The molecule has 0 amide bonds. The Bertz CT molecular complexity index is 554. The minimum Gasteiger partial charge on any atom is -0.480 e. The van der Waals surface area contributed by atoms with Crippen LogP contribution in [0, 0.1) is 0 Å². The van der Waals surface area contributed by atoms with Crippen LogP contribution in [0.3, 0.4) is 0 Å². The number of fused-ring (bicyclic) bond motifs is 1. The van der Waals surface area contributed by atoms with Gasteiger partial charge in [-0.15, -0.1) is 0 Å². The predicted octanol–water partition coefficient (Wildman–Crippen LogP) is 2.69. The molecule has 0 aliphatic carbocycles. The van der Waals surface area contributed by atoms with Crippen LogP contribution in [0.15, 0.2) is 40.9 Å². The third kappa shape index (κ3) is 1.81. The van der Waals surface area contributed by atoms with Gasteiger partial charge in [0.1, 0.15) is 6.04 Å². The van der Waals surface area contributed by atoms with Gasteiger partial charge < -0.3 is 10.8 Å². The highest BCUT2D eigenvalue weighted by Gasteiger charge is 2.18. The van der Waals surface area contributed by atoms with Crippen LogP contribution in [-0.2, 0) is 4.79 Å². The number of halogens is 1. The van der Waals surface area contributed by atoms with Crippen molar-refractivity contribution in [2.75, 3.05) is 0 Å². The van der Waals surface area contributed by atoms with E-state index in [0.29, 0.717) is 5.56 Å². The highest BCUT2D eigenvalue weighted by Crippen LogP contribution is 2.30. The summed E-state index contributed by atoms with van der Waals surface area (Å²) in [5.41, 5.74) is 6.19. The van der Waals surface area contributed by atoms with E-state index in [1.54, 1.807) is 6.07 Å². The second-order valence-corrected chi connectivity index (χ2v) is 4.30. The zero-order chi connectivity index (χ0) is 11.7. The highest BCUT2D eigenvalue weighted by atomic mass is 79.9. The quantitative estimate of drug-likeness (QED) is 0.889. The summed E-state index contributed by atoms with van der Waals surface area (Å²) in [6.07, 6.45) is 0. The lowest BCUT2D eigenvalue weighted by Crippen LogP contribution is -2.21. The van der Waals surface area contributed by atoms with Gasteiger partial charge in [0.05, 0.1) is 0 Å². The number of carboxylic acids is 1. The van der Waals surface area contributed by atoms with Gasteiger partial charge in [0.15, 0.2) is 0 Å². The van der Waals surface area contributed by atoms with Crippen molar-refractivity contribution in [2.24, 2.45) is 5.73 Å². The molecule has 16 heavy (non-hydrogen) atoms. The number of aliphatic carboxylic acids is 1. The third-order valence-electron chi connectivity index (χ3n) is 2.49. The van der Waals surface area contributed by atoms with Crippen LogP contribution < -0.4 is 5.73 Å². The lowest BCUT2D eigenvalue weighted by Gasteiger charge is -2.11. The number of hydrogen-bond acceptors (Lipinski definition) is 2. The predicted molar refractivity (Wildman–Crippen MR) is 66.2 cm³/mol. The van der Waals surface area contributed by atoms with Crippen LogP contribution in [0.5, 0.6) is 0 Å². The Balaban J connectivity index is 2.65. The summed E-state index contributed by atoms with van der Waals surface area (Å²) in [6, 6.07) is 10.4. The molecule has 0 spiro atoms. The zero-order valence-electron chi connectivity index (χ0n) is 8.35. The third-order valence-corrected chi connectivity index (χ3v) is 3.38. The maximum Gasteiger partial charge on any atom is 0.325 e. The fraction of sp³-hybridized carbons (Fsp3) is 0.0833. The normalized spacial score (nSPS) is 12.6. The van der Waals surface area contributed by atoms with Crippen molar-refractivity contribution in [2.45, 2.75) is 6.04 Å². The van der Waals surface area contributed by atoms with Gasteiger partial charge in [0.25, 0.3) is 0 Å². The largest absolute Gasteiger partial charge is 0.480 e. The molecule has 0 bridgehead atoms. The van der Waals surface area contributed by atoms with Gasteiger partial charge in [0.2, 0.25) is 0 Å². The maximum absolute atomic E-state index is 10.8. The van der Waals surface area contributed by atoms with Crippen molar-refractivity contribution < 1.29 is 9.90 Å². The molecular formula is C12H10BrNO2. The molecule has 1 atom stereocenters. The average molecular weight is 280 g/mol. The molecule has 2 aromatic rings. The lowest BCUT2D eigenvalue weighted by atomic mass is 10.0. The molecule has 3 N–H and O–H groups in total. The maximum atomic E-state index is 10.8. The van der Waals surface area contributed by atoms with Crippen molar-refractivity contribution in [3.05, 3.63) is 46.4 Å². The van der Waals surface area contributed by atoms with Gasteiger partial charge in [-0.1, -0.05) is 36.4 Å². The molecular weight excluding hydrogens is 270 g/mol. The van der Waals surface area contributed by atoms with Crippen LogP contribution >= 0.6 is 15.9 Å². The van der Waals surface area contributed by atoms with E-state index in [9.17, 15) is 4.79 Å². The van der Waals surface area contributed by atoms with Gasteiger partial charge in [-0.3, -0.25) is 4.79 Å². The molecule has 2 rings (SSSR count). The van der Waals surface area contributed by atoms with Crippen molar-refractivity contribution in [3.8, 4) is 0 Å². The second-order valence-electron chi connectivity index (χ2n) is 3.51. The molecule has 0 aromatic heterocycles. The van der Waals surface area contributed by atoms with E-state index in [1.807, 2.05) is 30.3 Å². The molecule has 82 valence electrons. The molecule has 0 fully saturated rings. The van der Waals surface area contributed by atoms with Crippen molar-refractivity contribution in [1.82, 2.24) is 0 Å². The number of nitrogens with two attached hydrogens (primary N) is 1. The number of rotatable bonds is 2. The summed E-state index contributed by atoms with van der Waals surface area (Å²) in [4.78, 5) is 10.8. The molecule has 0 aliphatic rings. The van der Waals surface area contributed by atoms with E-state index in [0.717, 1.165) is 15.2 Å². The Hall–Kier alpha value is -1.39. The SMILES string of the molecule is N[C@@H](C(=O)O)c1ccc2ccccc2c1Br. The molecule has 0 aliphatic heterocycles. The summed E-state index contributed by atoms with van der Waals surface area (Å²) in [5.74, 6) is -1.03. The monoisotopic (exact) mass is 279 g/mol. The molecule has 2 aromatic carbocycles. The van der Waals surface area contributed by atoms with Gasteiger partial charge in [-0.25, -0.2) is 0 Å². The number of carboxylic acid groups (broad SMARTS) is 1. The summed E-state index contributed by atoms with van der Waals surface area (Å²) in [7, 11) is 0. The van der Waals surface area contributed by atoms with Gasteiger partial charge in [0, 0.05) is 4.47 Å². The van der Waals surface area contributed by atoms with Crippen molar-refractivity contribution >= 4 is 32.7 Å². The average Bonchev–Trinajstić information content (AvgIpc) is 2.29. The van der Waals surface area contributed by atoms with Gasteiger partial charge >= 0.3 is 5.97 Å². The Morgan fingerprint density at radius 2 is 1.94 bits per heavy atom. The Morgan fingerprint density at radius 3 is 2.62 bits per heavy atom. The summed E-state index contributed by atoms with van der Waals surface area (Å²) < 4.78 is 0.750. The number of hydrogen-bond donors (Lipinski definition) is 2. The standard InChI is InChI=1S/C12H10BrNO2/c13-10-8-4-2-1-3-7(8)5-6-9(10)11(14)12(15)16/h1-6,11H,14H2,(H,15,16)/t11-/m1/s1. The van der Waals surface area contributed by atoms with Crippen LogP contribution in [0.25, 0.3) is 10.8 Å². The lowest BCUT2D eigenvalue weighted by molar-refractivity contribution is -0.138. The molecule has 0 radical (unpaired) electrons. The first-order valence-corrected chi connectivity index (χ1v) is 5.56. The van der Waals surface area contributed by atoms with Crippen molar-refractivity contribution in [1.29, 1.82) is 0 Å². The minimum absolute atomic E-state index is 0.589. The smallest absolute Gasteiger partial charge is 0.325 e. The first-order valence-electron chi connectivity index (χ1n) is 4.77. The first-order chi connectivity index (χ1) is 7.61. The zero-order valence-corrected chi connectivity index (χ0v) is 9.94. The van der Waals surface area contributed by atoms with Crippen molar-refractivity contribution in [3.63, 3.8) is 0 Å². The molecule has 0 saturated heterocycles. The van der Waals surface area contributed by atoms with E-state index in [4.69, 9.17) is 10.8 Å². The fourth-order valence-electron chi connectivity index (χ4n) is 1.62. The topological polar surface area (TPSA) is 63.3 Å². The Labute approximate surface area is 101 Å². The van der Waals surface area contributed by atoms with E-state index in [2.05, 4.69) is 15.9 Å². The number of benzene rings is 2. The summed E-state index contributed by atoms with van der Waals surface area (Å²) in [5, 5.41) is 10.9. The number of carbonyl (C=O) groups is 1. The van der Waals surface area contributed by atoms with Crippen LogP contribution in [-0.4, -0.2) is 11.1 Å². The van der Waals surface area contributed by atoms with E-state index >= 15 is 0 Å². The molecule has 0 heterocycles. The summed E-state index contributed by atoms with van der Waals surface area (Å²) in [6.45, 7) is 0. The van der Waals surface area contributed by atoms with Gasteiger partial charge in [-0.05, 0) is 32.3 Å². The Kier molecular flexibility index (Phi) is 2.94.